The summed E-state index contributed by atoms with van der Waals surface area (Å²) < 4.78 is 34.7. The van der Waals surface area contributed by atoms with Crippen LogP contribution in [0.5, 0.6) is 0 Å². The highest BCUT2D eigenvalue weighted by molar-refractivity contribution is 5.96. The van der Waals surface area contributed by atoms with Crippen molar-refractivity contribution >= 4 is 29.7 Å². The quantitative estimate of drug-likeness (QED) is 0.232. The lowest BCUT2D eigenvalue weighted by molar-refractivity contribution is -0.138. The molecule has 2 aromatic carbocycles. The molecule has 0 bridgehead atoms. The van der Waals surface area contributed by atoms with Gasteiger partial charge in [0.1, 0.15) is 35.2 Å². The molecule has 1 aromatic heterocycles. The third-order valence-electron chi connectivity index (χ3n) is 9.78. The molecule has 49 heavy (non-hydrogen) atoms. The second kappa shape index (κ2) is 15.2. The first kappa shape index (κ1) is 35.6. The Kier molecular flexibility index (Phi) is 11.1. The number of likely N-dealkylation sites (N-methyl/N-ethyl adjacent to an activating group) is 1. The molecular weight excluding hydrogens is 636 g/mol. The maximum atomic E-state index is 15.8. The highest BCUT2D eigenvalue weighted by atomic mass is 19.1. The van der Waals surface area contributed by atoms with E-state index in [1.165, 1.54) is 24.3 Å². The second-order valence-electron chi connectivity index (χ2n) is 12.9. The number of piperazine rings is 1. The number of nitrogens with zero attached hydrogens (tertiary/aromatic N) is 4. The molecule has 12 nitrogen and oxygen atoms in total. The number of fused-ring (bicyclic) bond motifs is 1. The average molecular weight is 680 g/mol. The van der Waals surface area contributed by atoms with Gasteiger partial charge in [0.2, 0.25) is 11.8 Å². The average Bonchev–Trinajstić information content (AvgIpc) is 3.76. The van der Waals surface area contributed by atoms with Gasteiger partial charge < -0.3 is 30.5 Å². The maximum Gasteiger partial charge on any atom is 0.276 e. The maximum absolute atomic E-state index is 15.8. The van der Waals surface area contributed by atoms with Gasteiger partial charge >= 0.3 is 0 Å². The van der Waals surface area contributed by atoms with Crippen molar-refractivity contribution in [2.24, 2.45) is 0 Å². The van der Waals surface area contributed by atoms with E-state index in [4.69, 9.17) is 4.63 Å². The SMILES string of the molecule is CCC(=O)N[C@@H](C(=O)N1CCN(C)CC1)[C@@H](C)c1ccc(NCC(C=O)(NC(=O)c2nonc2CC)C2CCc3cc(F)ccc32)c(F)c1. The van der Waals surface area contributed by atoms with Crippen LogP contribution in [-0.4, -0.2) is 95.5 Å². The van der Waals surface area contributed by atoms with E-state index in [2.05, 4.69) is 31.2 Å². The molecule has 262 valence electrons. The minimum atomic E-state index is -1.59. The van der Waals surface area contributed by atoms with Crippen LogP contribution in [0, 0.1) is 11.6 Å². The highest BCUT2D eigenvalue weighted by Gasteiger charge is 2.45. The number of halogens is 2. The molecule has 2 heterocycles. The summed E-state index contributed by atoms with van der Waals surface area (Å²) in [5.41, 5.74) is 0.654. The lowest BCUT2D eigenvalue weighted by atomic mass is 9.80. The van der Waals surface area contributed by atoms with E-state index in [0.29, 0.717) is 68.5 Å². The summed E-state index contributed by atoms with van der Waals surface area (Å²) in [4.78, 5) is 56.4. The Hall–Kier alpha value is -4.72. The molecule has 3 aromatic rings. The third-order valence-corrected chi connectivity index (χ3v) is 9.78. The van der Waals surface area contributed by atoms with Gasteiger partial charge in [-0.1, -0.05) is 38.1 Å². The van der Waals surface area contributed by atoms with Crippen molar-refractivity contribution in [3.8, 4) is 0 Å². The fourth-order valence-electron chi connectivity index (χ4n) is 6.70. The summed E-state index contributed by atoms with van der Waals surface area (Å²) >= 11 is 0. The zero-order valence-electron chi connectivity index (χ0n) is 28.2. The van der Waals surface area contributed by atoms with E-state index in [-0.39, 0.29) is 36.2 Å². The van der Waals surface area contributed by atoms with Crippen molar-refractivity contribution in [3.63, 3.8) is 0 Å². The molecule has 5 rings (SSSR count). The smallest absolute Gasteiger partial charge is 0.276 e. The number of carbonyl (C=O) groups is 4. The number of amides is 3. The molecule has 4 atom stereocenters. The van der Waals surface area contributed by atoms with Gasteiger partial charge in [0, 0.05) is 51.0 Å². The third kappa shape index (κ3) is 7.64. The van der Waals surface area contributed by atoms with Crippen LogP contribution in [-0.2, 0) is 27.2 Å². The molecule has 3 N–H and O–H groups in total. The van der Waals surface area contributed by atoms with Gasteiger partial charge in [-0.2, -0.15) is 0 Å². The Labute approximate surface area is 283 Å². The molecule has 2 aliphatic rings. The van der Waals surface area contributed by atoms with Gasteiger partial charge in [-0.3, -0.25) is 14.4 Å². The molecule has 2 unspecified atom stereocenters. The molecule has 1 aliphatic carbocycles. The van der Waals surface area contributed by atoms with Crippen LogP contribution < -0.4 is 16.0 Å². The van der Waals surface area contributed by atoms with Gasteiger partial charge in [0.15, 0.2) is 5.69 Å². The first-order chi connectivity index (χ1) is 23.5. The number of nitrogens with one attached hydrogen (secondary N) is 3. The topological polar surface area (TPSA) is 150 Å². The summed E-state index contributed by atoms with van der Waals surface area (Å²) in [5, 5.41) is 16.2. The van der Waals surface area contributed by atoms with Gasteiger partial charge in [-0.15, -0.1) is 0 Å². The predicted octanol–water partition coefficient (Wildman–Crippen LogP) is 3.19. The first-order valence-electron chi connectivity index (χ1n) is 16.7. The number of carbonyl (C=O) groups excluding carboxylic acids is 4. The lowest BCUT2D eigenvalue weighted by Gasteiger charge is -2.36. The van der Waals surface area contributed by atoms with Crippen molar-refractivity contribution in [3.05, 3.63) is 76.1 Å². The number of rotatable bonds is 13. The van der Waals surface area contributed by atoms with E-state index in [9.17, 15) is 23.6 Å². The number of hydrogen-bond acceptors (Lipinski definition) is 9. The second-order valence-corrected chi connectivity index (χ2v) is 12.9. The number of aryl methyl sites for hydroxylation is 2. The number of benzene rings is 2. The Morgan fingerprint density at radius 1 is 1.08 bits per heavy atom. The fourth-order valence-corrected chi connectivity index (χ4v) is 6.70. The van der Waals surface area contributed by atoms with Crippen LogP contribution in [0.4, 0.5) is 14.5 Å². The summed E-state index contributed by atoms with van der Waals surface area (Å²) in [5.74, 6) is -3.36. The minimum Gasteiger partial charge on any atom is -0.380 e. The van der Waals surface area contributed by atoms with Gasteiger partial charge in [-0.25, -0.2) is 13.4 Å². The van der Waals surface area contributed by atoms with E-state index < -0.39 is 41.0 Å². The Balaban J connectivity index is 1.40. The summed E-state index contributed by atoms with van der Waals surface area (Å²) in [6.45, 7) is 7.53. The Morgan fingerprint density at radius 3 is 2.51 bits per heavy atom. The molecule has 0 spiro atoms. The van der Waals surface area contributed by atoms with Crippen LogP contribution in [0.1, 0.15) is 78.3 Å². The van der Waals surface area contributed by atoms with E-state index >= 15 is 4.39 Å². The highest BCUT2D eigenvalue weighted by Crippen LogP contribution is 2.41. The van der Waals surface area contributed by atoms with Crippen LogP contribution in [0.15, 0.2) is 41.0 Å². The number of hydrogen-bond donors (Lipinski definition) is 3. The van der Waals surface area contributed by atoms with Crippen molar-refractivity contribution in [2.45, 2.75) is 69.9 Å². The molecule has 1 aliphatic heterocycles. The number of anilines is 1. The lowest BCUT2D eigenvalue weighted by Crippen LogP contribution is -2.58. The Morgan fingerprint density at radius 2 is 1.84 bits per heavy atom. The van der Waals surface area contributed by atoms with Gasteiger partial charge in [0.25, 0.3) is 5.91 Å². The molecule has 1 saturated heterocycles. The normalized spacial score (nSPS) is 18.6. The first-order valence-corrected chi connectivity index (χ1v) is 16.7. The van der Waals surface area contributed by atoms with Crippen LogP contribution in [0.25, 0.3) is 0 Å². The van der Waals surface area contributed by atoms with Crippen LogP contribution >= 0.6 is 0 Å². The largest absolute Gasteiger partial charge is 0.380 e. The number of aromatic nitrogens is 2. The van der Waals surface area contributed by atoms with E-state index in [1.54, 1.807) is 37.8 Å². The fraction of sp³-hybridized carbons (Fsp3) is 0.486. The van der Waals surface area contributed by atoms with Gasteiger partial charge in [-0.05, 0) is 72.4 Å². The monoisotopic (exact) mass is 679 g/mol. The Bertz CT molecular complexity index is 1690. The summed E-state index contributed by atoms with van der Waals surface area (Å²) in [6, 6.07) is 7.92. The molecule has 0 radical (unpaired) electrons. The van der Waals surface area contributed by atoms with Crippen LogP contribution in [0.3, 0.4) is 0 Å². The van der Waals surface area contributed by atoms with E-state index in [1.807, 2.05) is 7.05 Å². The summed E-state index contributed by atoms with van der Waals surface area (Å²) in [6.07, 6.45) is 2.10. The molecule has 3 amide bonds. The molecule has 0 saturated carbocycles. The zero-order chi connectivity index (χ0) is 35.3. The van der Waals surface area contributed by atoms with Crippen molar-refractivity contribution in [2.75, 3.05) is 45.1 Å². The molecule has 14 heteroatoms. The standard InChI is InChI=1S/C35H43F2N7O5/c1-5-28-32(42-49-41-28)33(47)40-35(20-45,26-11-7-23-17-24(36)9-10-25(23)26)19-38-29-12-8-22(18-27(29)37)21(3)31(39-30(46)6-2)34(48)44-15-13-43(4)14-16-44/h8-10,12,17-18,20-21,26,31,38H,5-7,11,13-16,19H2,1-4H3,(H,39,46)(H,40,47)/t21-,26?,31+,35?/m0/s1. The zero-order valence-corrected chi connectivity index (χ0v) is 28.2. The van der Waals surface area contributed by atoms with Crippen LogP contribution in [0.2, 0.25) is 0 Å². The summed E-state index contributed by atoms with van der Waals surface area (Å²) in [7, 11) is 1.98. The number of aldehydes is 1. The predicted molar refractivity (Wildman–Crippen MR) is 177 cm³/mol. The van der Waals surface area contributed by atoms with Gasteiger partial charge in [0.05, 0.1) is 5.69 Å². The van der Waals surface area contributed by atoms with Crippen molar-refractivity contribution in [1.82, 2.24) is 30.7 Å². The minimum absolute atomic E-state index is 0.0608. The molecule has 1 fully saturated rings. The van der Waals surface area contributed by atoms with Crippen molar-refractivity contribution < 1.29 is 32.6 Å². The molecular formula is C35H43F2N7O5. The van der Waals surface area contributed by atoms with Crippen molar-refractivity contribution in [1.29, 1.82) is 0 Å². The van der Waals surface area contributed by atoms with E-state index in [0.717, 1.165) is 5.56 Å².